The largest absolute Gasteiger partial charge is 0.460 e. The van der Waals surface area contributed by atoms with Gasteiger partial charge in [0.05, 0.1) is 0 Å². The van der Waals surface area contributed by atoms with Gasteiger partial charge in [-0.3, -0.25) is 19.2 Å². The lowest BCUT2D eigenvalue weighted by atomic mass is 10.2. The van der Waals surface area contributed by atoms with Crippen molar-refractivity contribution in [2.45, 2.75) is 52.4 Å². The minimum atomic E-state index is -1.08. The highest BCUT2D eigenvalue weighted by atomic mass is 32.2. The summed E-state index contributed by atoms with van der Waals surface area (Å²) in [5, 5.41) is 2.30. The van der Waals surface area contributed by atoms with E-state index in [-0.39, 0.29) is 24.4 Å². The third-order valence-electron chi connectivity index (χ3n) is 1.95. The molecular formula is C13H21NO6S. The van der Waals surface area contributed by atoms with Gasteiger partial charge in [-0.15, -0.1) is 0 Å². The van der Waals surface area contributed by atoms with Crippen LogP contribution in [0.15, 0.2) is 0 Å². The summed E-state index contributed by atoms with van der Waals surface area (Å²) in [7, 11) is 0. The molecule has 0 rings (SSSR count). The van der Waals surface area contributed by atoms with Crippen LogP contribution in [-0.2, 0) is 28.7 Å². The highest BCUT2D eigenvalue weighted by Gasteiger charge is 2.22. The number of nitrogens with one attached hydrogen (secondary N) is 1. The Kier molecular flexibility index (Phi) is 8.68. The van der Waals surface area contributed by atoms with Crippen molar-refractivity contribution in [3.05, 3.63) is 0 Å². The predicted octanol–water partition coefficient (Wildman–Crippen LogP) is 1.00. The van der Waals surface area contributed by atoms with Crippen LogP contribution in [0.2, 0.25) is 0 Å². The molecule has 7 nitrogen and oxygen atoms in total. The summed E-state index contributed by atoms with van der Waals surface area (Å²) in [6.07, 6.45) is -1.27. The zero-order valence-electron chi connectivity index (χ0n) is 12.6. The molecule has 0 fully saturated rings. The van der Waals surface area contributed by atoms with Gasteiger partial charge in [-0.05, 0) is 20.8 Å². The van der Waals surface area contributed by atoms with Crippen molar-refractivity contribution in [2.24, 2.45) is 0 Å². The second-order valence-corrected chi connectivity index (χ2v) is 6.44. The maximum absolute atomic E-state index is 11.6. The van der Waals surface area contributed by atoms with Gasteiger partial charge in [0.15, 0.2) is 11.3 Å². The Morgan fingerprint density at radius 1 is 1.29 bits per heavy atom. The Hall–Kier alpha value is -1.57. The topological polar surface area (TPSA) is 98.8 Å². The van der Waals surface area contributed by atoms with Crippen molar-refractivity contribution in [1.82, 2.24) is 5.32 Å². The van der Waals surface area contributed by atoms with Crippen molar-refractivity contribution >= 4 is 35.2 Å². The Morgan fingerprint density at radius 3 is 2.38 bits per heavy atom. The molecule has 1 atom stereocenters. The summed E-state index contributed by atoms with van der Waals surface area (Å²) < 4.78 is 9.71. The molecule has 21 heavy (non-hydrogen) atoms. The number of carbonyl (C=O) groups is 4. The molecular weight excluding hydrogens is 298 g/mol. The summed E-state index contributed by atoms with van der Waals surface area (Å²) in [6.45, 7) is 6.68. The lowest BCUT2D eigenvalue weighted by Crippen LogP contribution is -2.39. The van der Waals surface area contributed by atoms with Crippen LogP contribution in [0.1, 0.15) is 40.5 Å². The molecule has 0 spiro atoms. The first-order valence-electron chi connectivity index (χ1n) is 6.37. The summed E-state index contributed by atoms with van der Waals surface area (Å²) in [5.41, 5.74) is -0.662. The number of rotatable bonds is 8. The first kappa shape index (κ1) is 19.4. The highest BCUT2D eigenvalue weighted by molar-refractivity contribution is 8.13. The van der Waals surface area contributed by atoms with Crippen LogP contribution in [-0.4, -0.2) is 41.0 Å². The number of esters is 1. The van der Waals surface area contributed by atoms with E-state index in [9.17, 15) is 19.2 Å². The fourth-order valence-electron chi connectivity index (χ4n) is 1.27. The molecule has 1 amide bonds. The van der Waals surface area contributed by atoms with Crippen molar-refractivity contribution in [3.63, 3.8) is 0 Å². The monoisotopic (exact) mass is 319 g/mol. The van der Waals surface area contributed by atoms with Crippen molar-refractivity contribution in [3.8, 4) is 0 Å². The lowest BCUT2D eigenvalue weighted by molar-refractivity contribution is -0.159. The van der Waals surface area contributed by atoms with E-state index in [1.165, 1.54) is 6.92 Å². The lowest BCUT2D eigenvalue weighted by Gasteiger charge is -2.22. The van der Waals surface area contributed by atoms with E-state index < -0.39 is 23.7 Å². The van der Waals surface area contributed by atoms with Crippen LogP contribution in [0.25, 0.3) is 0 Å². The zero-order valence-corrected chi connectivity index (χ0v) is 13.5. The summed E-state index contributed by atoms with van der Waals surface area (Å²) in [6, 6.07) is 0. The molecule has 0 radical (unpaired) electrons. The maximum atomic E-state index is 11.6. The Bertz CT molecular complexity index is 391. The van der Waals surface area contributed by atoms with Gasteiger partial charge in [-0.2, -0.15) is 0 Å². The summed E-state index contributed by atoms with van der Waals surface area (Å²) >= 11 is 1.02. The minimum Gasteiger partial charge on any atom is -0.460 e. The van der Waals surface area contributed by atoms with Gasteiger partial charge in [0, 0.05) is 19.1 Å². The Balaban J connectivity index is 4.28. The van der Waals surface area contributed by atoms with Crippen LogP contribution in [0, 0.1) is 0 Å². The fraction of sp³-hybridized carbons (Fsp3) is 0.692. The van der Waals surface area contributed by atoms with E-state index in [0.717, 1.165) is 11.8 Å². The first-order valence-corrected chi connectivity index (χ1v) is 7.36. The number of ether oxygens (including phenoxy) is 2. The zero-order chi connectivity index (χ0) is 16.5. The van der Waals surface area contributed by atoms with Crippen molar-refractivity contribution < 1.29 is 28.7 Å². The number of thioether (sulfide) groups is 1. The van der Waals surface area contributed by atoms with E-state index in [1.54, 1.807) is 20.8 Å². The molecule has 1 N–H and O–H groups in total. The molecule has 8 heteroatoms. The average molecular weight is 319 g/mol. The Labute approximate surface area is 128 Å². The molecule has 0 heterocycles. The molecule has 0 unspecified atom stereocenters. The number of amides is 1. The van der Waals surface area contributed by atoms with Crippen LogP contribution >= 0.6 is 11.8 Å². The second kappa shape index (κ2) is 9.38. The molecule has 0 aromatic carbocycles. The number of hydrogen-bond acceptors (Lipinski definition) is 7. The van der Waals surface area contributed by atoms with Crippen LogP contribution in [0.3, 0.4) is 0 Å². The standard InChI is InChI=1S/C13H21NO6S/c1-9(16)21-6-5-10(17)14-11(19-8-15)7-12(18)20-13(2,3)4/h8,11H,5-7H2,1-4H3,(H,14,17)/t11-/m1/s1. The van der Waals surface area contributed by atoms with Gasteiger partial charge in [0.25, 0.3) is 6.47 Å². The first-order chi connectivity index (χ1) is 9.64. The average Bonchev–Trinajstić information content (AvgIpc) is 2.25. The summed E-state index contributed by atoms with van der Waals surface area (Å²) in [5.74, 6) is -0.687. The quantitative estimate of drug-likeness (QED) is 0.405. The molecule has 0 aliphatic carbocycles. The molecule has 0 aromatic rings. The molecule has 0 bridgehead atoms. The van der Waals surface area contributed by atoms with E-state index in [0.29, 0.717) is 5.75 Å². The second-order valence-electron chi connectivity index (χ2n) is 5.17. The smallest absolute Gasteiger partial charge is 0.312 e. The van der Waals surface area contributed by atoms with Crippen molar-refractivity contribution in [2.75, 3.05) is 5.75 Å². The van der Waals surface area contributed by atoms with Gasteiger partial charge in [-0.1, -0.05) is 11.8 Å². The van der Waals surface area contributed by atoms with Crippen LogP contribution in [0.4, 0.5) is 0 Å². The number of hydrogen-bond donors (Lipinski definition) is 1. The van der Waals surface area contributed by atoms with Gasteiger partial charge in [-0.25, -0.2) is 0 Å². The van der Waals surface area contributed by atoms with Gasteiger partial charge >= 0.3 is 5.97 Å². The molecule has 0 aliphatic heterocycles. The third kappa shape index (κ3) is 11.9. The summed E-state index contributed by atoms with van der Waals surface area (Å²) in [4.78, 5) is 44.3. The highest BCUT2D eigenvalue weighted by Crippen LogP contribution is 2.10. The van der Waals surface area contributed by atoms with Gasteiger partial charge in [0.2, 0.25) is 5.91 Å². The van der Waals surface area contributed by atoms with E-state index in [2.05, 4.69) is 10.1 Å². The molecule has 0 aliphatic rings. The Morgan fingerprint density at radius 2 is 1.90 bits per heavy atom. The van der Waals surface area contributed by atoms with E-state index in [1.807, 2.05) is 0 Å². The number of carbonyl (C=O) groups excluding carboxylic acids is 4. The molecule has 0 saturated carbocycles. The minimum absolute atomic E-state index is 0.0806. The maximum Gasteiger partial charge on any atom is 0.312 e. The van der Waals surface area contributed by atoms with Crippen LogP contribution < -0.4 is 5.32 Å². The SMILES string of the molecule is CC(=O)SCCC(=O)N[C@@H](CC(=O)OC(C)(C)C)OC=O. The molecule has 120 valence electrons. The normalized spacial score (nSPS) is 12.2. The van der Waals surface area contributed by atoms with Crippen molar-refractivity contribution in [1.29, 1.82) is 0 Å². The fourth-order valence-corrected chi connectivity index (χ4v) is 1.85. The van der Waals surface area contributed by atoms with E-state index in [4.69, 9.17) is 4.74 Å². The van der Waals surface area contributed by atoms with Gasteiger partial charge < -0.3 is 14.8 Å². The molecule has 0 saturated heterocycles. The predicted molar refractivity (Wildman–Crippen MR) is 77.3 cm³/mol. The molecule has 0 aromatic heterocycles. The van der Waals surface area contributed by atoms with Crippen LogP contribution in [0.5, 0.6) is 0 Å². The van der Waals surface area contributed by atoms with Gasteiger partial charge in [0.1, 0.15) is 12.0 Å². The third-order valence-corrected chi connectivity index (χ3v) is 2.76. The van der Waals surface area contributed by atoms with E-state index >= 15 is 0 Å².